The van der Waals surface area contributed by atoms with Crippen molar-refractivity contribution < 1.29 is 154 Å². The number of phosphoric ester groups is 6. The molecule has 7 aromatic rings. The highest BCUT2D eigenvalue weighted by Gasteiger charge is 2.53. The molecule has 0 bridgehead atoms. The lowest BCUT2D eigenvalue weighted by Gasteiger charge is -2.26. The molecule has 7 saturated heterocycles. The van der Waals surface area contributed by atoms with Crippen molar-refractivity contribution in [3.63, 3.8) is 0 Å². The summed E-state index contributed by atoms with van der Waals surface area (Å²) in [5.41, 5.74) is 32.9. The second-order valence-electron chi connectivity index (χ2n) is 29.5. The highest BCUT2D eigenvalue weighted by Crippen LogP contribution is 2.57. The average Bonchev–Trinajstić information content (AvgIpc) is 1.66. The van der Waals surface area contributed by atoms with Gasteiger partial charge in [0, 0.05) is 88.3 Å². The number of phosphoric acid groups is 6. The lowest BCUT2D eigenvalue weighted by molar-refractivity contribution is -0.0661. The lowest BCUT2D eigenvalue weighted by Crippen LogP contribution is -2.32. The molecule has 0 saturated carbocycles. The highest BCUT2D eigenvalue weighted by atomic mass is 31.2. The Morgan fingerprint density at radius 1 is 0.277 bits per heavy atom. The van der Waals surface area contributed by atoms with Crippen LogP contribution in [0.5, 0.6) is 0 Å². The summed E-state index contributed by atoms with van der Waals surface area (Å²) in [7, 11) is -33.2. The number of hydrogen-bond acceptors (Lipinski definition) is 48. The van der Waals surface area contributed by atoms with Gasteiger partial charge in [0.2, 0.25) is 0 Å². The molecular formula is C63H85N21O40P6. The minimum absolute atomic E-state index is 0.108. The van der Waals surface area contributed by atoms with Crippen LogP contribution in [0, 0.1) is 0 Å². The zero-order chi connectivity index (χ0) is 93.4. The first kappa shape index (κ1) is 97.1. The molecule has 27 atom stereocenters. The van der Waals surface area contributed by atoms with Crippen LogP contribution >= 0.6 is 46.9 Å². The summed E-state index contributed by atoms with van der Waals surface area (Å²) in [6.45, 7) is -7.30. The van der Waals surface area contributed by atoms with Crippen LogP contribution in [0.4, 0.5) is 40.7 Å². The van der Waals surface area contributed by atoms with Crippen LogP contribution in [-0.2, 0) is 115 Å². The summed E-state index contributed by atoms with van der Waals surface area (Å²) in [5.74, 6) is -1.49. The Balaban J connectivity index is 0.642. The maximum atomic E-state index is 14.4. The largest absolute Gasteiger partial charge is 0.472 e. The van der Waals surface area contributed by atoms with E-state index in [1.807, 2.05) is 0 Å². The normalized spacial score (nSPS) is 30.9. The van der Waals surface area contributed by atoms with Gasteiger partial charge in [-0.05, 0) is 42.5 Å². The third kappa shape index (κ3) is 24.2. The Kier molecular flexibility index (Phi) is 29.6. The highest BCUT2D eigenvalue weighted by molar-refractivity contribution is 7.48. The van der Waals surface area contributed by atoms with E-state index >= 15 is 0 Å². The molecule has 22 N–H and O–H groups in total. The van der Waals surface area contributed by atoms with Crippen molar-refractivity contribution in [2.45, 2.75) is 174 Å². The van der Waals surface area contributed by atoms with Crippen LogP contribution in [-0.4, -0.2) is 238 Å². The number of nitrogen functional groups attached to an aromatic ring is 7. The van der Waals surface area contributed by atoms with E-state index in [9.17, 15) is 101 Å². The van der Waals surface area contributed by atoms with Gasteiger partial charge in [0.1, 0.15) is 164 Å². The van der Waals surface area contributed by atoms with E-state index in [-0.39, 0.29) is 53.6 Å². The molecule has 0 spiro atoms. The molecule has 67 heteroatoms. The number of aliphatic hydroxyl groups excluding tert-OH is 2. The van der Waals surface area contributed by atoms with Gasteiger partial charge in [-0.3, -0.25) is 86.3 Å². The average molecular weight is 1960 g/mol. The van der Waals surface area contributed by atoms with Gasteiger partial charge in [0.15, 0.2) is 0 Å². The molecule has 0 radical (unpaired) electrons. The molecule has 14 heterocycles. The van der Waals surface area contributed by atoms with Gasteiger partial charge in [-0.25, -0.2) is 61.0 Å². The molecule has 7 aliphatic heterocycles. The minimum atomic E-state index is -5.69. The van der Waals surface area contributed by atoms with E-state index in [4.69, 9.17) is 128 Å². The molecule has 6 unspecified atom stereocenters. The van der Waals surface area contributed by atoms with Crippen molar-refractivity contribution in [1.82, 2.24) is 66.9 Å². The van der Waals surface area contributed by atoms with Crippen molar-refractivity contribution in [1.29, 1.82) is 0 Å². The van der Waals surface area contributed by atoms with Crippen molar-refractivity contribution in [3.8, 4) is 0 Å². The predicted molar refractivity (Wildman–Crippen MR) is 427 cm³/mol. The van der Waals surface area contributed by atoms with Gasteiger partial charge in [-0.1, -0.05) is 0 Å². The monoisotopic (exact) mass is 1960 g/mol. The lowest BCUT2D eigenvalue weighted by atomic mass is 10.2. The number of aliphatic hydroxyl groups is 2. The van der Waals surface area contributed by atoms with Crippen LogP contribution in [0.2, 0.25) is 0 Å². The molecular weight excluding hydrogens is 1880 g/mol. The third-order valence-electron chi connectivity index (χ3n) is 20.6. The zero-order valence-electron chi connectivity index (χ0n) is 66.7. The molecule has 7 fully saturated rings. The van der Waals surface area contributed by atoms with Gasteiger partial charge < -0.3 is 113 Å². The smallest absolute Gasteiger partial charge is 0.394 e. The maximum absolute atomic E-state index is 14.4. The fraction of sp³-hybridized carbons (Fsp3) is 0.556. The first-order chi connectivity index (χ1) is 61.3. The number of anilines is 7. The Bertz CT molecular complexity index is 6050. The molecule has 7 aromatic heterocycles. The predicted octanol–water partition coefficient (Wildman–Crippen LogP) is -3.76. The summed E-state index contributed by atoms with van der Waals surface area (Å²) in [6.07, 6.45) is -28.6. The first-order valence-corrected chi connectivity index (χ1v) is 47.5. The zero-order valence-corrected chi connectivity index (χ0v) is 72.1. The number of hydrogen-bond donors (Lipinski definition) is 15. The molecule has 130 heavy (non-hydrogen) atoms. The van der Waals surface area contributed by atoms with E-state index in [1.54, 1.807) is 0 Å². The number of ether oxygens (including phenoxy) is 7. The SMILES string of the molecule is Nc1ccn([C@H]2C[C@H](OP(=O)(O)OC[C@H]3O[C@@H](n4ccc(N)nc4=O)C[C@@H]3OP(=O)(O)OC[C@H]3O[C@@H](n4ccc(N)nc4=O)C[C@@H]3OP(=O)(O)OC[C@H]3O[C@@H](n4ccc(N)nc4=O)C[C@@H]3OP(=O)(O)OC[C@H]3O[C@@H](n4ccc(N)nc4=O)C[C@@H]3OP(=O)(O)OC[C@H]3O[C@@H](n4ccc(N)nc4=O)C[C@@H]3OP(=O)(O)OC[C@H]3O[C@@H](n4ccc(N)nc4=O)C[C@@H]3O)[C@@H](CO)O2)c(=O)n1. The van der Waals surface area contributed by atoms with E-state index in [0.29, 0.717) is 0 Å². The molecule has 61 nitrogen and oxygen atoms in total. The second kappa shape index (κ2) is 39.7. The molecule has 0 amide bonds. The summed E-state index contributed by atoms with van der Waals surface area (Å²) < 4.78 is 197. The van der Waals surface area contributed by atoms with Crippen LogP contribution in [0.3, 0.4) is 0 Å². The Morgan fingerprint density at radius 3 is 0.608 bits per heavy atom. The summed E-state index contributed by atoms with van der Waals surface area (Å²) in [5, 5.41) is 20.9. The first-order valence-electron chi connectivity index (χ1n) is 38.5. The molecule has 14 rings (SSSR count). The van der Waals surface area contributed by atoms with E-state index in [0.717, 1.165) is 81.2 Å². The quantitative estimate of drug-likeness (QED) is 0.0165. The minimum Gasteiger partial charge on any atom is -0.394 e. The summed E-state index contributed by atoms with van der Waals surface area (Å²) in [6, 6.07) is 8.40. The Hall–Kier alpha value is -8.94. The fourth-order valence-electron chi connectivity index (χ4n) is 14.6. The van der Waals surface area contributed by atoms with E-state index in [2.05, 4.69) is 34.9 Å². The second-order valence-corrected chi connectivity index (χ2v) is 38.0. The Morgan fingerprint density at radius 2 is 0.431 bits per heavy atom. The molecule has 712 valence electrons. The Labute approximate surface area is 725 Å². The fourth-order valence-corrected chi connectivity index (χ4v) is 20.3. The maximum Gasteiger partial charge on any atom is 0.472 e. The van der Waals surface area contributed by atoms with Gasteiger partial charge in [-0.15, -0.1) is 0 Å². The van der Waals surface area contributed by atoms with Gasteiger partial charge in [-0.2, -0.15) is 34.9 Å². The molecule has 0 aliphatic carbocycles. The number of rotatable bonds is 38. The van der Waals surface area contributed by atoms with Crippen LogP contribution in [0.15, 0.2) is 119 Å². The van der Waals surface area contributed by atoms with Crippen LogP contribution in [0.1, 0.15) is 88.5 Å². The van der Waals surface area contributed by atoms with Crippen molar-refractivity contribution in [2.24, 2.45) is 0 Å². The topological polar surface area (TPSA) is 866 Å². The van der Waals surface area contributed by atoms with Crippen molar-refractivity contribution in [2.75, 3.05) is 86.4 Å². The van der Waals surface area contributed by atoms with Crippen molar-refractivity contribution >= 4 is 87.7 Å². The summed E-state index contributed by atoms with van der Waals surface area (Å²) >= 11 is 0. The van der Waals surface area contributed by atoms with Gasteiger partial charge in [0.25, 0.3) is 0 Å². The van der Waals surface area contributed by atoms with Crippen molar-refractivity contribution in [3.05, 3.63) is 159 Å². The van der Waals surface area contributed by atoms with Gasteiger partial charge in [0.05, 0.1) is 52.4 Å². The number of nitrogens with zero attached hydrogens (tertiary/aromatic N) is 14. The molecule has 7 aliphatic rings. The van der Waals surface area contributed by atoms with Gasteiger partial charge >= 0.3 is 86.8 Å². The third-order valence-corrected chi connectivity index (χ3v) is 26.7. The molecule has 0 aromatic carbocycles. The standard InChI is InChI=1S/C63H85N21O40P6/c64-43-1-8-78(57(87)71-43)50-15-29(86)37(113-50)23-106-125(94,95)120-31-17-52(80-10-3-45(66)73-59(80)89)115-39(31)25-108-127(98,99)122-33-19-54(82-12-5-47(68)75-61(82)91)117-41(33)27-110-129(102,103)124-35-21-56(84-14-7-49(70)77-63(84)93)118-42(35)28-111-130(104,105)123-34-20-55(83-13-6-48(69)76-62(83)92)116-40(34)26-109-128(100,101)121-32-18-53(81-11-4-46(67)74-60(81)90)114-38(32)24-107-126(96,97)119-30-16-51(112-36(30)22-85)79-9-2-44(65)72-58(79)88/h1-14,29-42,50-56,85-86H,15-28H2,(H,94,95)(H,96,97)(H,98,99)(H,100,101)(H,102,103)(H,104,105)(H2,64,71,87)(H2,65,72,88)(H2,66,73,89)(H2,67,74,90)(H2,68,75,91)(H2,69,76,92)(H2,70,77,93)/t29-,30-,31-,32-,33-,34-,35-,36+,37+,38+,39+,40+,41+,42+,50+,51+,52+,53+,54+,55+,56+/m0/s1. The van der Waals surface area contributed by atoms with Crippen LogP contribution in [0.25, 0.3) is 0 Å². The van der Waals surface area contributed by atoms with E-state index in [1.165, 1.54) is 36.7 Å². The summed E-state index contributed by atoms with van der Waals surface area (Å²) in [4.78, 5) is 185. The number of aromatic nitrogens is 14. The van der Waals surface area contributed by atoms with Crippen LogP contribution < -0.4 is 80.0 Å². The number of nitrogens with two attached hydrogens (primary N) is 7. The van der Waals surface area contributed by atoms with E-state index < -0.39 is 294 Å².